The third-order valence-electron chi connectivity index (χ3n) is 2.96. The molecule has 1 aliphatic rings. The molecular weight excluding hydrogens is 261 g/mol. The molecule has 1 aromatic carbocycles. The van der Waals surface area contributed by atoms with Crippen molar-refractivity contribution in [1.82, 2.24) is 0 Å². The lowest BCUT2D eigenvalue weighted by Crippen LogP contribution is -2.36. The number of nitrogens with zero attached hydrogens (tertiary/aromatic N) is 1. The van der Waals surface area contributed by atoms with Gasteiger partial charge in [-0.05, 0) is 31.0 Å². The van der Waals surface area contributed by atoms with Gasteiger partial charge in [-0.3, -0.25) is 4.79 Å². The molecule has 0 saturated heterocycles. The molecule has 1 fully saturated rings. The van der Waals surface area contributed by atoms with Crippen LogP contribution in [0, 0.1) is 11.2 Å². The highest BCUT2D eigenvalue weighted by Gasteiger charge is 2.54. The van der Waals surface area contributed by atoms with Gasteiger partial charge in [0.15, 0.2) is 5.84 Å². The van der Waals surface area contributed by atoms with Gasteiger partial charge in [-0.2, -0.15) is 0 Å². The van der Waals surface area contributed by atoms with Crippen LogP contribution in [-0.4, -0.2) is 17.0 Å². The van der Waals surface area contributed by atoms with Crippen molar-refractivity contribution in [1.29, 1.82) is 0 Å². The average Bonchev–Trinajstić information content (AvgIpc) is 3.13. The molecule has 0 aliphatic heterocycles. The van der Waals surface area contributed by atoms with Crippen LogP contribution in [0.2, 0.25) is 5.02 Å². The summed E-state index contributed by atoms with van der Waals surface area (Å²) in [6.07, 6.45) is 0.952. The van der Waals surface area contributed by atoms with Gasteiger partial charge in [0.05, 0.1) is 5.69 Å². The maximum atomic E-state index is 13.5. The second kappa shape index (κ2) is 4.45. The Balaban J connectivity index is 2.18. The van der Waals surface area contributed by atoms with Gasteiger partial charge in [0.1, 0.15) is 11.2 Å². The van der Waals surface area contributed by atoms with Gasteiger partial charge in [0.25, 0.3) is 0 Å². The molecule has 0 unspecified atom stereocenters. The summed E-state index contributed by atoms with van der Waals surface area (Å²) < 4.78 is 13.5. The molecule has 0 heterocycles. The van der Waals surface area contributed by atoms with E-state index in [4.69, 9.17) is 22.5 Å². The van der Waals surface area contributed by atoms with Crippen molar-refractivity contribution in [2.45, 2.75) is 12.8 Å². The molecule has 96 valence electrons. The lowest BCUT2D eigenvalue weighted by molar-refractivity contribution is -0.119. The quantitative estimate of drug-likeness (QED) is 0.340. The molecular formula is C11H11ClFN3O2. The number of carbonyl (C=O) groups excluding carboxylic acids is 1. The molecule has 0 atom stereocenters. The molecule has 4 N–H and O–H groups in total. The number of hydrogen-bond donors (Lipinski definition) is 3. The lowest BCUT2D eigenvalue weighted by atomic mass is 10.1. The van der Waals surface area contributed by atoms with Gasteiger partial charge in [-0.25, -0.2) is 4.39 Å². The van der Waals surface area contributed by atoms with Crippen LogP contribution < -0.4 is 11.1 Å². The van der Waals surface area contributed by atoms with E-state index in [1.54, 1.807) is 0 Å². The van der Waals surface area contributed by atoms with E-state index in [2.05, 4.69) is 10.5 Å². The number of amides is 1. The molecule has 0 bridgehead atoms. The minimum Gasteiger partial charge on any atom is -0.409 e. The van der Waals surface area contributed by atoms with Crippen LogP contribution in [-0.2, 0) is 4.79 Å². The summed E-state index contributed by atoms with van der Waals surface area (Å²) in [5, 5.41) is 14.1. The third-order valence-corrected chi connectivity index (χ3v) is 3.20. The minimum atomic E-state index is -1.01. The fraction of sp³-hybridized carbons (Fsp3) is 0.273. The first-order chi connectivity index (χ1) is 8.49. The van der Waals surface area contributed by atoms with Crippen LogP contribution in [0.5, 0.6) is 0 Å². The molecule has 1 saturated carbocycles. The molecule has 1 aliphatic carbocycles. The van der Waals surface area contributed by atoms with E-state index in [1.165, 1.54) is 12.1 Å². The normalized spacial score (nSPS) is 17.3. The van der Waals surface area contributed by atoms with Crippen molar-refractivity contribution in [2.75, 3.05) is 5.32 Å². The summed E-state index contributed by atoms with van der Waals surface area (Å²) in [7, 11) is 0. The summed E-state index contributed by atoms with van der Waals surface area (Å²) in [6, 6.07) is 3.92. The van der Waals surface area contributed by atoms with Crippen molar-refractivity contribution >= 4 is 29.0 Å². The number of rotatable bonds is 3. The SMILES string of the molecule is N/C(=N/O)C1(C(=O)Nc2ccc(Cl)cc2F)CC1. The van der Waals surface area contributed by atoms with Gasteiger partial charge in [0, 0.05) is 5.02 Å². The van der Waals surface area contributed by atoms with Gasteiger partial charge in [-0.15, -0.1) is 0 Å². The fourth-order valence-electron chi connectivity index (χ4n) is 1.65. The van der Waals surface area contributed by atoms with Crippen molar-refractivity contribution in [2.24, 2.45) is 16.3 Å². The molecule has 5 nitrogen and oxygen atoms in total. The van der Waals surface area contributed by atoms with Crippen LogP contribution in [0.4, 0.5) is 10.1 Å². The van der Waals surface area contributed by atoms with Gasteiger partial charge in [-0.1, -0.05) is 16.8 Å². The smallest absolute Gasteiger partial charge is 0.238 e. The first kappa shape index (κ1) is 12.6. The van der Waals surface area contributed by atoms with Crippen LogP contribution in [0.25, 0.3) is 0 Å². The summed E-state index contributed by atoms with van der Waals surface area (Å²) >= 11 is 5.60. The molecule has 2 rings (SSSR count). The number of carbonyl (C=O) groups is 1. The van der Waals surface area contributed by atoms with Gasteiger partial charge in [0.2, 0.25) is 5.91 Å². The Morgan fingerprint density at radius 3 is 2.72 bits per heavy atom. The van der Waals surface area contributed by atoms with Crippen LogP contribution >= 0.6 is 11.6 Å². The highest BCUT2D eigenvalue weighted by atomic mass is 35.5. The Bertz CT molecular complexity index is 529. The van der Waals surface area contributed by atoms with E-state index in [0.29, 0.717) is 12.8 Å². The minimum absolute atomic E-state index is 0.0152. The maximum absolute atomic E-state index is 13.5. The van der Waals surface area contributed by atoms with Crippen molar-refractivity contribution < 1.29 is 14.4 Å². The van der Waals surface area contributed by atoms with E-state index in [0.717, 1.165) is 6.07 Å². The molecule has 18 heavy (non-hydrogen) atoms. The molecule has 1 amide bonds. The highest BCUT2D eigenvalue weighted by Crippen LogP contribution is 2.46. The molecule has 1 aromatic rings. The third kappa shape index (κ3) is 2.11. The average molecular weight is 272 g/mol. The number of nitrogens with two attached hydrogens (primary N) is 1. The van der Waals surface area contributed by atoms with Crippen LogP contribution in [0.1, 0.15) is 12.8 Å². The zero-order valence-electron chi connectivity index (χ0n) is 9.28. The summed E-state index contributed by atoms with van der Waals surface area (Å²) in [5.74, 6) is -1.28. The predicted molar refractivity (Wildman–Crippen MR) is 65.1 cm³/mol. The number of oxime groups is 1. The number of halogens is 2. The molecule has 7 heteroatoms. The fourth-order valence-corrected chi connectivity index (χ4v) is 1.81. The van der Waals surface area contributed by atoms with E-state index in [9.17, 15) is 9.18 Å². The van der Waals surface area contributed by atoms with Crippen LogP contribution in [0.3, 0.4) is 0 Å². The van der Waals surface area contributed by atoms with E-state index >= 15 is 0 Å². The van der Waals surface area contributed by atoms with Crippen molar-refractivity contribution in [3.05, 3.63) is 29.0 Å². The first-order valence-electron chi connectivity index (χ1n) is 5.24. The molecule has 0 aromatic heterocycles. The van der Waals surface area contributed by atoms with Gasteiger partial charge < -0.3 is 16.3 Å². The second-order valence-electron chi connectivity index (χ2n) is 4.15. The molecule has 0 radical (unpaired) electrons. The highest BCUT2D eigenvalue weighted by molar-refractivity contribution is 6.30. The van der Waals surface area contributed by atoms with E-state index in [-0.39, 0.29) is 16.5 Å². The first-order valence-corrected chi connectivity index (χ1v) is 5.62. The van der Waals surface area contributed by atoms with E-state index < -0.39 is 17.1 Å². The van der Waals surface area contributed by atoms with Gasteiger partial charge >= 0.3 is 0 Å². The number of hydrogen-bond acceptors (Lipinski definition) is 3. The summed E-state index contributed by atoms with van der Waals surface area (Å²) in [5.41, 5.74) is 4.46. The molecule has 0 spiro atoms. The summed E-state index contributed by atoms with van der Waals surface area (Å²) in [4.78, 5) is 12.0. The number of anilines is 1. The van der Waals surface area contributed by atoms with Crippen LogP contribution in [0.15, 0.2) is 23.4 Å². The standard InChI is InChI=1S/C11H11ClFN3O2/c12-6-1-2-8(7(13)5-6)15-10(17)11(3-4-11)9(14)16-18/h1-2,5,18H,3-4H2,(H2,14,16)(H,15,17). The Morgan fingerprint density at radius 2 is 2.22 bits per heavy atom. The monoisotopic (exact) mass is 271 g/mol. The van der Waals surface area contributed by atoms with E-state index in [1.807, 2.05) is 0 Å². The Kier molecular flexibility index (Phi) is 3.13. The number of amidine groups is 1. The number of benzene rings is 1. The zero-order valence-corrected chi connectivity index (χ0v) is 10.0. The van der Waals surface area contributed by atoms with Crippen molar-refractivity contribution in [3.8, 4) is 0 Å². The topological polar surface area (TPSA) is 87.7 Å². The largest absolute Gasteiger partial charge is 0.409 e. The Hall–Kier alpha value is -1.82. The Morgan fingerprint density at radius 1 is 1.56 bits per heavy atom. The van der Waals surface area contributed by atoms with Crippen molar-refractivity contribution in [3.63, 3.8) is 0 Å². The summed E-state index contributed by atoms with van der Waals surface area (Å²) in [6.45, 7) is 0. The number of nitrogens with one attached hydrogen (secondary N) is 1. The zero-order chi connectivity index (χ0) is 13.3. The lowest BCUT2D eigenvalue weighted by Gasteiger charge is -2.14. The predicted octanol–water partition coefficient (Wildman–Crippen LogP) is 1.94. The second-order valence-corrected chi connectivity index (χ2v) is 4.58. The Labute approximate surface area is 107 Å². The maximum Gasteiger partial charge on any atom is 0.238 e.